The minimum atomic E-state index is -0.331. The Kier molecular flexibility index (Phi) is 8.01. The summed E-state index contributed by atoms with van der Waals surface area (Å²) >= 11 is 0. The van der Waals surface area contributed by atoms with E-state index in [9.17, 15) is 14.0 Å². The van der Waals surface area contributed by atoms with Gasteiger partial charge >= 0.3 is 5.91 Å². The van der Waals surface area contributed by atoms with Crippen LogP contribution in [-0.4, -0.2) is 38.0 Å². The number of rotatable bonds is 8. The zero-order valence-corrected chi connectivity index (χ0v) is 21.5. The molecule has 4 aromatic rings. The molecule has 1 heterocycles. The van der Waals surface area contributed by atoms with Gasteiger partial charge in [-0.15, -0.1) is 4.58 Å². The lowest BCUT2D eigenvalue weighted by Crippen LogP contribution is -2.25. The predicted molar refractivity (Wildman–Crippen MR) is 145 cm³/mol. The highest BCUT2D eigenvalue weighted by Crippen LogP contribution is 2.39. The molecule has 0 N–H and O–H groups in total. The van der Waals surface area contributed by atoms with Crippen LogP contribution in [0.15, 0.2) is 91.3 Å². The third kappa shape index (κ3) is 6.52. The average Bonchev–Trinajstić information content (AvgIpc) is 3.37. The van der Waals surface area contributed by atoms with Crippen molar-refractivity contribution >= 4 is 24.1 Å². The molecule has 1 aliphatic rings. The molecule has 0 spiro atoms. The molecule has 0 saturated heterocycles. The topological polar surface area (TPSA) is 77.1 Å². The first-order valence-corrected chi connectivity index (χ1v) is 13.1. The normalized spacial score (nSPS) is 19.2. The fourth-order valence-electron chi connectivity index (χ4n) is 5.21. The number of carbonyl (C=O) groups excluding carboxylic acids is 2. The van der Waals surface area contributed by atoms with Crippen LogP contribution < -0.4 is 4.74 Å². The molecule has 3 unspecified atom stereocenters. The quantitative estimate of drug-likeness (QED) is 0.162. The molecule has 0 bridgehead atoms. The molecule has 198 valence electrons. The molecule has 0 radical (unpaired) electrons. The third-order valence-corrected chi connectivity index (χ3v) is 7.30. The summed E-state index contributed by atoms with van der Waals surface area (Å²) in [4.78, 5) is 28.2. The van der Waals surface area contributed by atoms with Gasteiger partial charge < -0.3 is 4.74 Å². The summed E-state index contributed by atoms with van der Waals surface area (Å²) < 4.78 is 20.4. The predicted octanol–water partition coefficient (Wildman–Crippen LogP) is 5.94. The Balaban J connectivity index is 1.29. The van der Waals surface area contributed by atoms with Gasteiger partial charge in [-0.25, -0.2) is 9.18 Å². The molecular weight excluding hydrogens is 495 g/mol. The molecule has 39 heavy (non-hydrogen) atoms. The molecule has 8 heteroatoms. The highest BCUT2D eigenvalue weighted by Gasteiger charge is 2.37. The van der Waals surface area contributed by atoms with Crippen LogP contribution in [-0.2, 0) is 16.1 Å². The average molecular weight is 526 g/mol. The second-order valence-electron chi connectivity index (χ2n) is 9.89. The van der Waals surface area contributed by atoms with Gasteiger partial charge in [-0.05, 0) is 73.6 Å². The van der Waals surface area contributed by atoms with E-state index < -0.39 is 0 Å². The second-order valence-corrected chi connectivity index (χ2v) is 9.89. The van der Waals surface area contributed by atoms with Crippen LogP contribution in [0.2, 0.25) is 0 Å². The van der Waals surface area contributed by atoms with Crippen LogP contribution in [0.4, 0.5) is 10.1 Å². The van der Waals surface area contributed by atoms with Crippen LogP contribution in [0.1, 0.15) is 37.2 Å². The summed E-state index contributed by atoms with van der Waals surface area (Å²) in [7, 11) is 0. The van der Waals surface area contributed by atoms with Gasteiger partial charge in [0.25, 0.3) is 0 Å². The molecule has 1 aromatic heterocycles. The van der Waals surface area contributed by atoms with E-state index in [1.165, 1.54) is 21.5 Å². The van der Waals surface area contributed by atoms with Crippen molar-refractivity contribution in [2.24, 2.45) is 11.8 Å². The lowest BCUT2D eigenvalue weighted by atomic mass is 9.84. The second kappa shape index (κ2) is 11.9. The van der Waals surface area contributed by atoms with Gasteiger partial charge in [0, 0.05) is 18.1 Å². The maximum Gasteiger partial charge on any atom is 0.395 e. The number of ketones is 1. The number of aromatic nitrogens is 3. The smallest absolute Gasteiger partial charge is 0.395 e. The van der Waals surface area contributed by atoms with Crippen LogP contribution in [0, 0.1) is 17.7 Å². The van der Waals surface area contributed by atoms with Crippen molar-refractivity contribution in [3.63, 3.8) is 0 Å². The summed E-state index contributed by atoms with van der Waals surface area (Å²) in [6.45, 7) is 4.18. The number of carbonyl (C=O) groups is 2. The van der Waals surface area contributed by atoms with Crippen molar-refractivity contribution in [2.45, 2.75) is 38.1 Å². The minimum absolute atomic E-state index is 0.0714. The summed E-state index contributed by atoms with van der Waals surface area (Å²) in [5.74, 6) is 0.379. The minimum Gasteiger partial charge on any atom is -0.457 e. The van der Waals surface area contributed by atoms with E-state index >= 15 is 0 Å². The summed E-state index contributed by atoms with van der Waals surface area (Å²) in [5.41, 5.74) is 1.77. The molecule has 3 aromatic carbocycles. The van der Waals surface area contributed by atoms with Gasteiger partial charge in [-0.3, -0.25) is 4.79 Å². The van der Waals surface area contributed by atoms with E-state index in [2.05, 4.69) is 29.0 Å². The number of benzene rings is 3. The molecule has 5 rings (SSSR count). The first-order chi connectivity index (χ1) is 19.0. The van der Waals surface area contributed by atoms with Gasteiger partial charge in [0.15, 0.2) is 5.78 Å². The summed E-state index contributed by atoms with van der Waals surface area (Å²) in [6.07, 6.45) is 5.67. The van der Waals surface area contributed by atoms with Crippen molar-refractivity contribution in [1.82, 2.24) is 15.0 Å². The van der Waals surface area contributed by atoms with Crippen molar-refractivity contribution in [1.29, 1.82) is 0 Å². The number of amides is 1. The molecule has 1 amide bonds. The largest absolute Gasteiger partial charge is 0.457 e. The Morgan fingerprint density at radius 1 is 0.872 bits per heavy atom. The molecule has 0 aliphatic heterocycles. The van der Waals surface area contributed by atoms with E-state index in [1.807, 2.05) is 18.2 Å². The van der Waals surface area contributed by atoms with Crippen LogP contribution in [0.3, 0.4) is 0 Å². The number of ether oxygens (including phenoxy) is 1. The highest BCUT2D eigenvalue weighted by atomic mass is 19.1. The van der Waals surface area contributed by atoms with Crippen LogP contribution in [0.25, 0.3) is 0 Å². The maximum atomic E-state index is 13.7. The number of nitrogens with zero attached hydrogens (tertiary/aromatic N) is 4. The first-order valence-electron chi connectivity index (χ1n) is 13.1. The third-order valence-electron chi connectivity index (χ3n) is 7.30. The van der Waals surface area contributed by atoms with E-state index in [0.717, 1.165) is 5.56 Å². The van der Waals surface area contributed by atoms with Crippen molar-refractivity contribution in [3.8, 4) is 11.5 Å². The maximum absolute atomic E-state index is 13.7. The molecular formula is C31H30FN4O3+. The van der Waals surface area contributed by atoms with Gasteiger partial charge in [0.1, 0.15) is 30.6 Å². The van der Waals surface area contributed by atoms with Crippen LogP contribution in [0.5, 0.6) is 11.5 Å². The van der Waals surface area contributed by atoms with Gasteiger partial charge in [-0.1, -0.05) is 30.3 Å². The Hall–Kier alpha value is -4.46. The van der Waals surface area contributed by atoms with Gasteiger partial charge in [0.2, 0.25) is 5.69 Å². The summed E-state index contributed by atoms with van der Waals surface area (Å²) in [5, 5.41) is 8.15. The van der Waals surface area contributed by atoms with Crippen molar-refractivity contribution < 1.29 is 23.3 Å². The monoisotopic (exact) mass is 525 g/mol. The molecule has 1 saturated carbocycles. The SMILES string of the molecule is C=[N+](C(=O)C1CCC(C(=O)Cn2nccn2)CC(c2ccccc2)C1)c1ccc(Oc2ccc(F)cc2)cc1. The highest BCUT2D eigenvalue weighted by molar-refractivity contribution is 5.81. The lowest BCUT2D eigenvalue weighted by Gasteiger charge is -2.20. The van der Waals surface area contributed by atoms with Crippen LogP contribution >= 0.6 is 0 Å². The van der Waals surface area contributed by atoms with Gasteiger partial charge in [-0.2, -0.15) is 15.0 Å². The fourth-order valence-corrected chi connectivity index (χ4v) is 5.21. The number of hydrogen-bond donors (Lipinski definition) is 0. The van der Waals surface area contributed by atoms with E-state index in [4.69, 9.17) is 4.74 Å². The Morgan fingerprint density at radius 3 is 2.13 bits per heavy atom. The standard InChI is InChI=1S/C31H30FN4O3/c1-35(27-11-15-29(16-12-27)39-28-13-9-26(32)10-14-28)31(38)24-8-7-23(30(37)21-36-33-17-18-34-36)19-25(20-24)22-5-3-2-4-6-22/h2-6,9-18,23-25H,1,7-8,19-21H2/q+1. The number of hydrogen-bond acceptors (Lipinski definition) is 5. The Bertz CT molecular complexity index is 1420. The summed E-state index contributed by atoms with van der Waals surface area (Å²) in [6, 6.07) is 22.9. The molecule has 7 nitrogen and oxygen atoms in total. The molecule has 1 fully saturated rings. The fraction of sp³-hybridized carbons (Fsp3) is 0.258. The Labute approximate surface area is 226 Å². The van der Waals surface area contributed by atoms with E-state index in [0.29, 0.717) is 42.9 Å². The van der Waals surface area contributed by atoms with Gasteiger partial charge in [0.05, 0.1) is 18.3 Å². The molecule has 3 atom stereocenters. The first kappa shape index (κ1) is 26.2. The van der Waals surface area contributed by atoms with E-state index in [-0.39, 0.29) is 41.8 Å². The number of halogens is 1. The lowest BCUT2D eigenvalue weighted by molar-refractivity contribution is -0.364. The van der Waals surface area contributed by atoms with Crippen molar-refractivity contribution in [3.05, 3.63) is 103 Å². The number of Topliss-reactive ketones (excluding diaryl/α,β-unsaturated/α-hetero) is 1. The zero-order valence-electron chi connectivity index (χ0n) is 21.5. The zero-order chi connectivity index (χ0) is 27.2. The Morgan fingerprint density at radius 2 is 1.46 bits per heavy atom. The van der Waals surface area contributed by atoms with E-state index in [1.54, 1.807) is 48.8 Å². The van der Waals surface area contributed by atoms with Crippen molar-refractivity contribution in [2.75, 3.05) is 0 Å². The molecule has 1 aliphatic carbocycles.